The number of nitrogens with zero attached hydrogens (tertiary/aromatic N) is 2. The van der Waals surface area contributed by atoms with E-state index in [9.17, 15) is 14.9 Å². The zero-order valence-electron chi connectivity index (χ0n) is 14.5. The second-order valence-electron chi connectivity index (χ2n) is 6.58. The summed E-state index contributed by atoms with van der Waals surface area (Å²) in [4.78, 5) is 27.2. The largest absolute Gasteiger partial charge is 0.477 e. The first-order valence-corrected chi connectivity index (χ1v) is 9.53. The van der Waals surface area contributed by atoms with Crippen LogP contribution in [0.3, 0.4) is 0 Å². The fraction of sp³-hybridized carbons (Fsp3) is 0.316. The van der Waals surface area contributed by atoms with Crippen LogP contribution in [-0.4, -0.2) is 31.0 Å². The number of hydrogen-bond acceptors (Lipinski definition) is 6. The van der Waals surface area contributed by atoms with Gasteiger partial charge in [0.1, 0.15) is 16.8 Å². The van der Waals surface area contributed by atoms with Crippen LogP contribution in [0.15, 0.2) is 24.3 Å². The lowest BCUT2D eigenvalue weighted by Gasteiger charge is -2.34. The molecule has 1 aliphatic carbocycles. The minimum absolute atomic E-state index is 0.0393. The van der Waals surface area contributed by atoms with Gasteiger partial charge in [-0.15, -0.1) is 11.3 Å². The van der Waals surface area contributed by atoms with Gasteiger partial charge in [-0.2, -0.15) is 5.26 Å². The third-order valence-corrected chi connectivity index (χ3v) is 6.01. The van der Waals surface area contributed by atoms with Crippen LogP contribution in [0.4, 0.5) is 10.7 Å². The Morgan fingerprint density at radius 2 is 2.19 bits per heavy atom. The van der Waals surface area contributed by atoms with Gasteiger partial charge in [-0.1, -0.05) is 12.1 Å². The number of benzene rings is 1. The van der Waals surface area contributed by atoms with Gasteiger partial charge >= 0.3 is 0 Å². The molecule has 138 valence electrons. The van der Waals surface area contributed by atoms with Gasteiger partial charge in [0.2, 0.25) is 5.91 Å². The molecule has 2 amide bonds. The molecule has 1 aromatic carbocycles. The summed E-state index contributed by atoms with van der Waals surface area (Å²) in [5.41, 5.74) is 7.78. The molecule has 0 bridgehead atoms. The summed E-state index contributed by atoms with van der Waals surface area (Å²) in [7, 11) is 0. The van der Waals surface area contributed by atoms with Gasteiger partial charge in [0.05, 0.1) is 24.3 Å². The quantitative estimate of drug-likeness (QED) is 0.838. The summed E-state index contributed by atoms with van der Waals surface area (Å²) in [6.45, 7) is 0.239. The maximum absolute atomic E-state index is 12.6. The molecule has 3 N–H and O–H groups in total. The number of aryl methyl sites for hydroxylation is 1. The number of primary amides is 1. The van der Waals surface area contributed by atoms with Crippen molar-refractivity contribution in [1.29, 1.82) is 5.26 Å². The van der Waals surface area contributed by atoms with Gasteiger partial charge in [-0.25, -0.2) is 0 Å². The smallest absolute Gasteiger partial charge is 0.260 e. The number of amides is 2. The van der Waals surface area contributed by atoms with Gasteiger partial charge in [-0.3, -0.25) is 9.59 Å². The Hall–Kier alpha value is -3.05. The first kappa shape index (κ1) is 17.4. The molecule has 1 aromatic heterocycles. The Kier molecular flexibility index (Phi) is 4.46. The lowest BCUT2D eigenvalue weighted by Crippen LogP contribution is -2.49. The highest BCUT2D eigenvalue weighted by molar-refractivity contribution is 7.16. The summed E-state index contributed by atoms with van der Waals surface area (Å²) in [5.74, 6) is -0.295. The zero-order valence-corrected chi connectivity index (χ0v) is 15.3. The van der Waals surface area contributed by atoms with Crippen LogP contribution in [0.25, 0.3) is 0 Å². The molecule has 27 heavy (non-hydrogen) atoms. The van der Waals surface area contributed by atoms with Crippen molar-refractivity contribution in [3.63, 3.8) is 0 Å². The summed E-state index contributed by atoms with van der Waals surface area (Å²) in [6.07, 6.45) is 2.10. The molecule has 0 fully saturated rings. The van der Waals surface area contributed by atoms with Gasteiger partial charge in [0, 0.05) is 4.88 Å². The average Bonchev–Trinajstić information content (AvgIpc) is 3.22. The number of carbonyl (C=O) groups excluding carboxylic acids is 2. The summed E-state index contributed by atoms with van der Waals surface area (Å²) in [5, 5.41) is 12.9. The highest BCUT2D eigenvalue weighted by Crippen LogP contribution is 2.38. The number of thiophene rings is 1. The molecule has 2 heterocycles. The molecule has 2 aliphatic rings. The van der Waals surface area contributed by atoms with E-state index in [2.05, 4.69) is 11.4 Å². The number of nitrogens with one attached hydrogen (secondary N) is 1. The maximum atomic E-state index is 12.6. The Bertz CT molecular complexity index is 962. The SMILES string of the molecule is N#Cc1c(NC(=O)CN2CC(C(N)=O)Oc3ccccc32)sc2c1CCC2. The van der Waals surface area contributed by atoms with Crippen molar-refractivity contribution < 1.29 is 14.3 Å². The predicted molar refractivity (Wildman–Crippen MR) is 102 cm³/mol. The summed E-state index contributed by atoms with van der Waals surface area (Å²) >= 11 is 1.48. The molecule has 0 saturated heterocycles. The first-order chi connectivity index (χ1) is 13.1. The fourth-order valence-corrected chi connectivity index (χ4v) is 4.81. The lowest BCUT2D eigenvalue weighted by molar-refractivity contribution is -0.125. The van der Waals surface area contributed by atoms with Crippen LogP contribution in [0.1, 0.15) is 22.4 Å². The minimum Gasteiger partial charge on any atom is -0.477 e. The van der Waals surface area contributed by atoms with Crippen molar-refractivity contribution in [3.05, 3.63) is 40.3 Å². The molecule has 1 unspecified atom stereocenters. The number of fused-ring (bicyclic) bond motifs is 2. The van der Waals surface area contributed by atoms with Crippen LogP contribution >= 0.6 is 11.3 Å². The molecule has 0 saturated carbocycles. The summed E-state index contributed by atoms with van der Waals surface area (Å²) < 4.78 is 5.61. The van der Waals surface area contributed by atoms with Crippen molar-refractivity contribution in [2.75, 3.05) is 23.3 Å². The van der Waals surface area contributed by atoms with E-state index in [1.807, 2.05) is 12.1 Å². The van der Waals surface area contributed by atoms with Gasteiger partial charge in [0.25, 0.3) is 5.91 Å². The molecular weight excluding hydrogens is 364 g/mol. The Morgan fingerprint density at radius 3 is 2.96 bits per heavy atom. The van der Waals surface area contributed by atoms with E-state index in [-0.39, 0.29) is 19.0 Å². The van der Waals surface area contributed by atoms with Crippen molar-refractivity contribution in [2.24, 2.45) is 5.73 Å². The highest BCUT2D eigenvalue weighted by atomic mass is 32.1. The molecule has 7 nitrogen and oxygen atoms in total. The molecule has 1 aliphatic heterocycles. The van der Waals surface area contributed by atoms with Crippen LogP contribution in [0, 0.1) is 11.3 Å². The summed E-state index contributed by atoms with van der Waals surface area (Å²) in [6, 6.07) is 9.44. The normalized spacial score (nSPS) is 17.4. The van der Waals surface area contributed by atoms with E-state index in [1.165, 1.54) is 16.2 Å². The Morgan fingerprint density at radius 1 is 1.37 bits per heavy atom. The van der Waals surface area contributed by atoms with Gasteiger partial charge in [0.15, 0.2) is 6.10 Å². The van der Waals surface area contributed by atoms with Crippen molar-refractivity contribution >= 4 is 33.8 Å². The third-order valence-electron chi connectivity index (χ3n) is 4.80. The second-order valence-corrected chi connectivity index (χ2v) is 7.68. The number of nitriles is 1. The van der Waals surface area contributed by atoms with E-state index >= 15 is 0 Å². The van der Waals surface area contributed by atoms with Crippen molar-refractivity contribution in [3.8, 4) is 11.8 Å². The van der Waals surface area contributed by atoms with Gasteiger partial charge in [-0.05, 0) is 37.0 Å². The number of nitrogens with two attached hydrogens (primary N) is 1. The van der Waals surface area contributed by atoms with Crippen molar-refractivity contribution in [1.82, 2.24) is 0 Å². The molecule has 2 aromatic rings. The maximum Gasteiger partial charge on any atom is 0.260 e. The van der Waals surface area contributed by atoms with E-state index < -0.39 is 12.0 Å². The van der Waals surface area contributed by atoms with E-state index in [4.69, 9.17) is 10.5 Å². The Balaban J connectivity index is 1.53. The monoisotopic (exact) mass is 382 g/mol. The van der Waals surface area contributed by atoms with E-state index in [0.29, 0.717) is 16.3 Å². The predicted octanol–water partition coefficient (Wildman–Crippen LogP) is 1.80. The van der Waals surface area contributed by atoms with Crippen LogP contribution in [0.2, 0.25) is 0 Å². The number of carbonyl (C=O) groups is 2. The number of anilines is 2. The lowest BCUT2D eigenvalue weighted by atomic mass is 10.1. The second kappa shape index (κ2) is 6.93. The van der Waals surface area contributed by atoms with E-state index in [0.717, 1.165) is 30.5 Å². The highest BCUT2D eigenvalue weighted by Gasteiger charge is 2.30. The number of ether oxygens (including phenoxy) is 1. The van der Waals surface area contributed by atoms with Crippen molar-refractivity contribution in [2.45, 2.75) is 25.4 Å². The minimum atomic E-state index is -0.812. The Labute approximate surface area is 160 Å². The average molecular weight is 382 g/mol. The molecular formula is C19H18N4O3S. The number of para-hydroxylation sites is 2. The number of rotatable bonds is 4. The molecule has 4 rings (SSSR count). The van der Waals surface area contributed by atoms with Crippen LogP contribution < -0.4 is 20.7 Å². The standard InChI is InChI=1S/C19H18N4O3S/c20-8-12-11-4-3-7-16(11)27-19(12)22-17(24)10-23-9-15(18(21)25)26-14-6-2-1-5-13(14)23/h1-2,5-6,15H,3-4,7,9-10H2,(H2,21,25)(H,22,24). The van der Waals surface area contributed by atoms with Crippen LogP contribution in [0.5, 0.6) is 5.75 Å². The molecule has 8 heteroatoms. The molecule has 0 radical (unpaired) electrons. The first-order valence-electron chi connectivity index (χ1n) is 8.71. The number of hydrogen-bond donors (Lipinski definition) is 2. The fourth-order valence-electron chi connectivity index (χ4n) is 3.56. The van der Waals surface area contributed by atoms with Gasteiger partial charge < -0.3 is 20.7 Å². The molecule has 1 atom stereocenters. The topological polar surface area (TPSA) is 108 Å². The van der Waals surface area contributed by atoms with E-state index in [1.54, 1.807) is 17.0 Å². The van der Waals surface area contributed by atoms with Crippen LogP contribution in [-0.2, 0) is 22.4 Å². The molecule has 0 spiro atoms. The zero-order chi connectivity index (χ0) is 19.0. The third kappa shape index (κ3) is 3.22.